The van der Waals surface area contributed by atoms with Gasteiger partial charge in [-0.1, -0.05) is 30.3 Å². The number of fused-ring (bicyclic) bond motifs is 1. The lowest BCUT2D eigenvalue weighted by Crippen LogP contribution is -2.38. The fourth-order valence-electron chi connectivity index (χ4n) is 2.90. The molecular formula is C23H26N2O5S. The van der Waals surface area contributed by atoms with Crippen molar-refractivity contribution in [1.82, 2.24) is 9.62 Å². The van der Waals surface area contributed by atoms with Crippen molar-refractivity contribution in [2.24, 2.45) is 0 Å². The number of rotatable bonds is 9. The van der Waals surface area contributed by atoms with Crippen LogP contribution in [0.4, 0.5) is 0 Å². The highest BCUT2D eigenvalue weighted by Gasteiger charge is 2.17. The second kappa shape index (κ2) is 9.80. The van der Waals surface area contributed by atoms with E-state index in [0.717, 1.165) is 15.1 Å². The summed E-state index contributed by atoms with van der Waals surface area (Å²) < 4.78 is 36.6. The highest BCUT2D eigenvalue weighted by molar-refractivity contribution is 7.89. The molecule has 0 spiro atoms. The van der Waals surface area contributed by atoms with Crippen LogP contribution < -0.4 is 14.8 Å². The summed E-state index contributed by atoms with van der Waals surface area (Å²) in [6.07, 6.45) is -0.656. The molecule has 3 rings (SSSR count). The Balaban J connectivity index is 1.45. The van der Waals surface area contributed by atoms with Crippen molar-refractivity contribution in [2.45, 2.75) is 17.9 Å². The number of ether oxygens (including phenoxy) is 2. The van der Waals surface area contributed by atoms with Crippen LogP contribution in [0.15, 0.2) is 71.6 Å². The molecule has 0 saturated carbocycles. The van der Waals surface area contributed by atoms with Gasteiger partial charge in [0.15, 0.2) is 6.10 Å². The lowest BCUT2D eigenvalue weighted by Gasteiger charge is -2.15. The highest BCUT2D eigenvalue weighted by atomic mass is 32.2. The quantitative estimate of drug-likeness (QED) is 0.515. The minimum Gasteiger partial charge on any atom is -0.492 e. The van der Waals surface area contributed by atoms with Crippen molar-refractivity contribution in [2.75, 3.05) is 27.2 Å². The topological polar surface area (TPSA) is 84.9 Å². The van der Waals surface area contributed by atoms with Crippen LogP contribution in [0.5, 0.6) is 11.5 Å². The van der Waals surface area contributed by atoms with Crippen LogP contribution in [0.2, 0.25) is 0 Å². The third-order valence-corrected chi connectivity index (χ3v) is 6.50. The van der Waals surface area contributed by atoms with Gasteiger partial charge in [0.2, 0.25) is 10.0 Å². The number of benzene rings is 3. The van der Waals surface area contributed by atoms with E-state index >= 15 is 0 Å². The van der Waals surface area contributed by atoms with Crippen LogP contribution in [0, 0.1) is 0 Å². The lowest BCUT2D eigenvalue weighted by molar-refractivity contribution is -0.127. The number of carbonyl (C=O) groups excluding carboxylic acids is 1. The third-order valence-electron chi connectivity index (χ3n) is 4.68. The Morgan fingerprint density at radius 2 is 1.61 bits per heavy atom. The Morgan fingerprint density at radius 3 is 2.29 bits per heavy atom. The van der Waals surface area contributed by atoms with Crippen LogP contribution in [0.3, 0.4) is 0 Å². The van der Waals surface area contributed by atoms with E-state index in [1.54, 1.807) is 19.1 Å². The number of hydrogen-bond donors (Lipinski definition) is 1. The van der Waals surface area contributed by atoms with Gasteiger partial charge in [0.25, 0.3) is 5.91 Å². The second-order valence-electron chi connectivity index (χ2n) is 7.17. The van der Waals surface area contributed by atoms with E-state index in [4.69, 9.17) is 9.47 Å². The average Bonchev–Trinajstić information content (AvgIpc) is 2.76. The van der Waals surface area contributed by atoms with Crippen molar-refractivity contribution >= 4 is 26.7 Å². The van der Waals surface area contributed by atoms with Gasteiger partial charge in [-0.15, -0.1) is 0 Å². The summed E-state index contributed by atoms with van der Waals surface area (Å²) in [5.41, 5.74) is 0. The first-order valence-electron chi connectivity index (χ1n) is 9.86. The van der Waals surface area contributed by atoms with Gasteiger partial charge in [-0.25, -0.2) is 12.7 Å². The average molecular weight is 443 g/mol. The summed E-state index contributed by atoms with van der Waals surface area (Å²) in [6, 6.07) is 19.8. The zero-order valence-electron chi connectivity index (χ0n) is 17.7. The number of nitrogens with one attached hydrogen (secondary N) is 1. The minimum absolute atomic E-state index is 0.192. The van der Waals surface area contributed by atoms with E-state index < -0.39 is 16.1 Å². The van der Waals surface area contributed by atoms with Crippen molar-refractivity contribution in [3.05, 3.63) is 66.7 Å². The fraction of sp³-hybridized carbons (Fsp3) is 0.261. The molecule has 1 atom stereocenters. The fourth-order valence-corrected chi connectivity index (χ4v) is 3.81. The van der Waals surface area contributed by atoms with E-state index in [-0.39, 0.29) is 17.4 Å². The van der Waals surface area contributed by atoms with E-state index in [9.17, 15) is 13.2 Å². The molecule has 0 aromatic heterocycles. The summed E-state index contributed by atoms with van der Waals surface area (Å²) >= 11 is 0. The molecule has 0 aliphatic rings. The summed E-state index contributed by atoms with van der Waals surface area (Å²) in [4.78, 5) is 12.5. The van der Waals surface area contributed by atoms with Crippen LogP contribution in [-0.2, 0) is 14.8 Å². The molecule has 0 fully saturated rings. The molecule has 164 valence electrons. The predicted molar refractivity (Wildman–Crippen MR) is 120 cm³/mol. The first-order chi connectivity index (χ1) is 14.8. The molecule has 3 aromatic rings. The van der Waals surface area contributed by atoms with Gasteiger partial charge in [0, 0.05) is 14.1 Å². The van der Waals surface area contributed by atoms with Crippen molar-refractivity contribution in [3.8, 4) is 11.5 Å². The van der Waals surface area contributed by atoms with Gasteiger partial charge in [-0.3, -0.25) is 4.79 Å². The molecule has 0 unspecified atom stereocenters. The maximum atomic E-state index is 12.3. The number of sulfonamides is 1. The molecule has 1 N–H and O–H groups in total. The Bertz CT molecular complexity index is 1140. The largest absolute Gasteiger partial charge is 0.492 e. The smallest absolute Gasteiger partial charge is 0.260 e. The molecule has 31 heavy (non-hydrogen) atoms. The molecule has 0 radical (unpaired) electrons. The molecular weight excluding hydrogens is 416 g/mol. The van der Waals surface area contributed by atoms with Gasteiger partial charge in [0.1, 0.15) is 18.1 Å². The van der Waals surface area contributed by atoms with Gasteiger partial charge in [-0.2, -0.15) is 0 Å². The third kappa shape index (κ3) is 5.74. The zero-order valence-corrected chi connectivity index (χ0v) is 18.6. The summed E-state index contributed by atoms with van der Waals surface area (Å²) in [5, 5.41) is 4.92. The van der Waals surface area contributed by atoms with E-state index in [2.05, 4.69) is 5.32 Å². The van der Waals surface area contributed by atoms with E-state index in [1.807, 2.05) is 42.5 Å². The molecule has 8 heteroatoms. The van der Waals surface area contributed by atoms with Crippen LogP contribution >= 0.6 is 0 Å². The first-order valence-corrected chi connectivity index (χ1v) is 11.3. The number of carbonyl (C=O) groups is 1. The predicted octanol–water partition coefficient (Wildman–Crippen LogP) is 3.05. The van der Waals surface area contributed by atoms with Crippen LogP contribution in [0.1, 0.15) is 6.92 Å². The first kappa shape index (κ1) is 22.6. The van der Waals surface area contributed by atoms with Gasteiger partial charge in [-0.05, 0) is 54.1 Å². The standard InChI is InChI=1S/C23H26N2O5S/c1-17(30-21-9-8-18-6-4-5-7-19(18)16-21)23(26)24-14-15-29-20-10-12-22(13-11-20)31(27,28)25(2)3/h4-13,16-17H,14-15H2,1-3H3,(H,24,26)/t17-/m1/s1. The summed E-state index contributed by atoms with van der Waals surface area (Å²) in [6.45, 7) is 2.23. The molecule has 3 aromatic carbocycles. The van der Waals surface area contributed by atoms with Crippen LogP contribution in [-0.4, -0.2) is 52.0 Å². The molecule has 0 aliphatic carbocycles. The van der Waals surface area contributed by atoms with Crippen molar-refractivity contribution in [3.63, 3.8) is 0 Å². The lowest BCUT2D eigenvalue weighted by atomic mass is 10.1. The van der Waals surface area contributed by atoms with Crippen molar-refractivity contribution in [1.29, 1.82) is 0 Å². The highest BCUT2D eigenvalue weighted by Crippen LogP contribution is 2.21. The Morgan fingerprint density at radius 1 is 0.968 bits per heavy atom. The number of nitrogens with zero attached hydrogens (tertiary/aromatic N) is 1. The van der Waals surface area contributed by atoms with Crippen molar-refractivity contribution < 1.29 is 22.7 Å². The number of hydrogen-bond acceptors (Lipinski definition) is 5. The molecule has 0 bridgehead atoms. The maximum absolute atomic E-state index is 12.3. The monoisotopic (exact) mass is 442 g/mol. The molecule has 0 aliphatic heterocycles. The normalized spacial score (nSPS) is 12.5. The van der Waals surface area contributed by atoms with Gasteiger partial charge < -0.3 is 14.8 Å². The molecule has 0 saturated heterocycles. The molecule has 0 heterocycles. The van der Waals surface area contributed by atoms with E-state index in [1.165, 1.54) is 26.2 Å². The molecule has 7 nitrogen and oxygen atoms in total. The second-order valence-corrected chi connectivity index (χ2v) is 9.32. The van der Waals surface area contributed by atoms with Gasteiger partial charge in [0.05, 0.1) is 11.4 Å². The Labute approximate surface area is 182 Å². The molecule has 1 amide bonds. The maximum Gasteiger partial charge on any atom is 0.260 e. The Kier molecular flexibility index (Phi) is 7.14. The van der Waals surface area contributed by atoms with Crippen LogP contribution in [0.25, 0.3) is 10.8 Å². The minimum atomic E-state index is -3.47. The SMILES string of the molecule is C[C@@H](Oc1ccc2ccccc2c1)C(=O)NCCOc1ccc(S(=O)(=O)N(C)C)cc1. The van der Waals surface area contributed by atoms with E-state index in [0.29, 0.717) is 18.0 Å². The van der Waals surface area contributed by atoms with Gasteiger partial charge >= 0.3 is 0 Å². The Hall–Kier alpha value is -3.10. The summed E-state index contributed by atoms with van der Waals surface area (Å²) in [5.74, 6) is 0.905. The zero-order chi connectivity index (χ0) is 22.4. The summed E-state index contributed by atoms with van der Waals surface area (Å²) in [7, 11) is -0.512. The number of amides is 1.